The molecule has 1 aliphatic carbocycles. The van der Waals surface area contributed by atoms with E-state index in [1.165, 1.54) is 4.88 Å². The van der Waals surface area contributed by atoms with Crippen LogP contribution in [-0.4, -0.2) is 30.9 Å². The molecule has 1 aliphatic rings. The molecule has 1 aromatic heterocycles. The van der Waals surface area contributed by atoms with Gasteiger partial charge in [0.15, 0.2) is 6.61 Å². The van der Waals surface area contributed by atoms with Crippen LogP contribution in [0.1, 0.15) is 50.8 Å². The van der Waals surface area contributed by atoms with E-state index in [4.69, 9.17) is 4.74 Å². The van der Waals surface area contributed by atoms with E-state index in [0.29, 0.717) is 11.5 Å². The van der Waals surface area contributed by atoms with Gasteiger partial charge in [0.2, 0.25) is 5.91 Å². The second kappa shape index (κ2) is 9.43. The Bertz CT molecular complexity index is 957. The lowest BCUT2D eigenvalue weighted by molar-refractivity contribution is -0.126. The zero-order valence-corrected chi connectivity index (χ0v) is 18.7. The van der Waals surface area contributed by atoms with E-state index in [1.807, 2.05) is 38.3 Å². The van der Waals surface area contributed by atoms with Crippen LogP contribution in [0.25, 0.3) is 0 Å². The van der Waals surface area contributed by atoms with E-state index in [9.17, 15) is 14.4 Å². The highest BCUT2D eigenvalue weighted by atomic mass is 32.1. The summed E-state index contributed by atoms with van der Waals surface area (Å²) >= 11 is 1.58. The number of fused-ring (bicyclic) bond motifs is 1. The molecule has 0 bridgehead atoms. The van der Waals surface area contributed by atoms with E-state index < -0.39 is 18.5 Å². The molecule has 30 heavy (non-hydrogen) atoms. The minimum atomic E-state index is -0.506. The summed E-state index contributed by atoms with van der Waals surface area (Å²) in [6.45, 7) is 7.47. The quantitative estimate of drug-likeness (QED) is 0.687. The standard InChI is InChI=1S/C23H28N2O4S/c1-13-5-6-17-18(12-30-19(17)9-13)23(28)29-11-21(27)24-10-20(26)25-22-15(3)7-14(2)8-16(22)4/h7-8,12-13H,5-6,9-11H2,1-4H3,(H,24,27)(H,25,26). The van der Waals surface area contributed by atoms with Gasteiger partial charge in [0.1, 0.15) is 0 Å². The molecular formula is C23H28N2O4S. The van der Waals surface area contributed by atoms with Gasteiger partial charge in [-0.2, -0.15) is 0 Å². The van der Waals surface area contributed by atoms with Crippen molar-refractivity contribution in [2.45, 2.75) is 47.0 Å². The van der Waals surface area contributed by atoms with E-state index in [-0.39, 0.29) is 12.5 Å². The molecule has 2 amide bonds. The second-order valence-electron chi connectivity index (χ2n) is 8.07. The topological polar surface area (TPSA) is 84.5 Å². The number of carbonyl (C=O) groups excluding carboxylic acids is 3. The van der Waals surface area contributed by atoms with E-state index >= 15 is 0 Å². The van der Waals surface area contributed by atoms with Gasteiger partial charge < -0.3 is 15.4 Å². The lowest BCUT2D eigenvalue weighted by Crippen LogP contribution is -2.35. The summed E-state index contributed by atoms with van der Waals surface area (Å²) in [5.74, 6) is -0.684. The molecule has 2 N–H and O–H groups in total. The first-order chi connectivity index (χ1) is 14.2. The maximum Gasteiger partial charge on any atom is 0.339 e. The number of hydrogen-bond acceptors (Lipinski definition) is 5. The minimum absolute atomic E-state index is 0.186. The highest BCUT2D eigenvalue weighted by Gasteiger charge is 2.24. The minimum Gasteiger partial charge on any atom is -0.452 e. The molecule has 1 atom stereocenters. The molecule has 6 nitrogen and oxygen atoms in total. The van der Waals surface area contributed by atoms with Crippen LogP contribution in [0.3, 0.4) is 0 Å². The Morgan fingerprint density at radius 3 is 2.53 bits per heavy atom. The molecule has 2 aromatic rings. The zero-order valence-electron chi connectivity index (χ0n) is 17.9. The van der Waals surface area contributed by atoms with Crippen LogP contribution < -0.4 is 10.6 Å². The monoisotopic (exact) mass is 428 g/mol. The van der Waals surface area contributed by atoms with Gasteiger partial charge in [0.25, 0.3) is 5.91 Å². The highest BCUT2D eigenvalue weighted by Crippen LogP contribution is 2.33. The molecule has 0 spiro atoms. The van der Waals surface area contributed by atoms with Gasteiger partial charge >= 0.3 is 5.97 Å². The summed E-state index contributed by atoms with van der Waals surface area (Å²) < 4.78 is 5.17. The molecule has 0 aliphatic heterocycles. The van der Waals surface area contributed by atoms with Gasteiger partial charge in [-0.3, -0.25) is 9.59 Å². The zero-order chi connectivity index (χ0) is 21.8. The summed E-state index contributed by atoms with van der Waals surface area (Å²) in [5, 5.41) is 7.14. The molecule has 1 aromatic carbocycles. The summed E-state index contributed by atoms with van der Waals surface area (Å²) in [6, 6.07) is 3.98. The summed E-state index contributed by atoms with van der Waals surface area (Å²) in [4.78, 5) is 37.8. The largest absolute Gasteiger partial charge is 0.452 e. The first-order valence-electron chi connectivity index (χ1n) is 10.1. The Morgan fingerprint density at radius 2 is 1.83 bits per heavy atom. The predicted octanol–water partition coefficient (Wildman–Crippen LogP) is 3.71. The molecule has 0 fully saturated rings. The number of amides is 2. The maximum absolute atomic E-state index is 12.4. The Balaban J connectivity index is 1.46. The molecule has 3 rings (SSSR count). The number of thiophene rings is 1. The Hall–Kier alpha value is -2.67. The third kappa shape index (κ3) is 5.27. The van der Waals surface area contributed by atoms with Crippen molar-refractivity contribution >= 4 is 34.8 Å². The molecule has 7 heteroatoms. The average molecular weight is 429 g/mol. The van der Waals surface area contributed by atoms with Crippen molar-refractivity contribution in [1.82, 2.24) is 5.32 Å². The third-order valence-electron chi connectivity index (χ3n) is 5.34. The van der Waals surface area contributed by atoms with Crippen LogP contribution in [0.5, 0.6) is 0 Å². The number of esters is 1. The number of aryl methyl sites for hydroxylation is 3. The summed E-state index contributed by atoms with van der Waals surface area (Å²) in [6.07, 6.45) is 2.91. The first kappa shape index (κ1) is 22.0. The second-order valence-corrected chi connectivity index (χ2v) is 9.04. The van der Waals surface area contributed by atoms with Crippen molar-refractivity contribution in [2.24, 2.45) is 5.92 Å². The van der Waals surface area contributed by atoms with Gasteiger partial charge in [-0.15, -0.1) is 11.3 Å². The number of ether oxygens (including phenoxy) is 1. The van der Waals surface area contributed by atoms with Crippen molar-refractivity contribution < 1.29 is 19.1 Å². The van der Waals surface area contributed by atoms with Crippen molar-refractivity contribution in [2.75, 3.05) is 18.5 Å². The smallest absolute Gasteiger partial charge is 0.339 e. The highest BCUT2D eigenvalue weighted by molar-refractivity contribution is 7.10. The van der Waals surface area contributed by atoms with Crippen LogP contribution in [-0.2, 0) is 27.2 Å². The van der Waals surface area contributed by atoms with Gasteiger partial charge in [0.05, 0.1) is 12.1 Å². The van der Waals surface area contributed by atoms with Crippen molar-refractivity contribution in [3.63, 3.8) is 0 Å². The van der Waals surface area contributed by atoms with E-state index in [1.54, 1.807) is 11.3 Å². The van der Waals surface area contributed by atoms with Gasteiger partial charge in [-0.25, -0.2) is 4.79 Å². The SMILES string of the molecule is Cc1cc(C)c(NC(=O)CNC(=O)COC(=O)c2csc3c2CCC(C)C3)c(C)c1. The van der Waals surface area contributed by atoms with Gasteiger partial charge in [-0.05, 0) is 62.6 Å². The van der Waals surface area contributed by atoms with Crippen LogP contribution in [0.15, 0.2) is 17.5 Å². The Labute approximate surface area is 181 Å². The lowest BCUT2D eigenvalue weighted by atomic mass is 9.88. The lowest BCUT2D eigenvalue weighted by Gasteiger charge is -2.18. The van der Waals surface area contributed by atoms with Crippen LogP contribution >= 0.6 is 11.3 Å². The molecule has 160 valence electrons. The fraction of sp³-hybridized carbons (Fsp3) is 0.435. The first-order valence-corrected chi connectivity index (χ1v) is 11.0. The van der Waals surface area contributed by atoms with Crippen LogP contribution in [0.4, 0.5) is 5.69 Å². The summed E-state index contributed by atoms with van der Waals surface area (Å²) in [5.41, 5.74) is 5.44. The fourth-order valence-corrected chi connectivity index (χ4v) is 5.08. The van der Waals surface area contributed by atoms with Gasteiger partial charge in [0, 0.05) is 15.9 Å². The Kier molecular flexibility index (Phi) is 6.92. The van der Waals surface area contributed by atoms with Crippen molar-refractivity contribution in [3.8, 4) is 0 Å². The third-order valence-corrected chi connectivity index (χ3v) is 6.39. The molecular weight excluding hydrogens is 400 g/mol. The Morgan fingerprint density at radius 1 is 1.13 bits per heavy atom. The van der Waals surface area contributed by atoms with E-state index in [0.717, 1.165) is 47.2 Å². The molecule has 1 heterocycles. The number of rotatable bonds is 6. The number of hydrogen-bond donors (Lipinski definition) is 2. The van der Waals surface area contributed by atoms with Crippen molar-refractivity contribution in [3.05, 3.63) is 50.2 Å². The van der Waals surface area contributed by atoms with Crippen LogP contribution in [0.2, 0.25) is 0 Å². The number of carbonyl (C=O) groups is 3. The predicted molar refractivity (Wildman–Crippen MR) is 118 cm³/mol. The van der Waals surface area contributed by atoms with Gasteiger partial charge in [-0.1, -0.05) is 24.6 Å². The van der Waals surface area contributed by atoms with Crippen molar-refractivity contribution in [1.29, 1.82) is 0 Å². The fourth-order valence-electron chi connectivity index (χ4n) is 3.85. The molecule has 1 unspecified atom stereocenters. The number of anilines is 1. The van der Waals surface area contributed by atoms with Crippen LogP contribution in [0, 0.1) is 26.7 Å². The number of nitrogens with one attached hydrogen (secondary N) is 2. The normalized spacial score (nSPS) is 15.3. The molecule has 0 saturated carbocycles. The number of benzene rings is 1. The molecule has 0 saturated heterocycles. The summed E-state index contributed by atoms with van der Waals surface area (Å²) in [7, 11) is 0. The van der Waals surface area contributed by atoms with E-state index in [2.05, 4.69) is 17.6 Å². The average Bonchev–Trinajstić information content (AvgIpc) is 3.10. The molecule has 0 radical (unpaired) electrons. The maximum atomic E-state index is 12.4.